The van der Waals surface area contributed by atoms with Crippen LogP contribution in [0.2, 0.25) is 0 Å². The Kier molecular flexibility index (Phi) is 2.96. The summed E-state index contributed by atoms with van der Waals surface area (Å²) >= 11 is 1.92. The number of fused-ring (bicyclic) bond motifs is 1. The van der Waals surface area contributed by atoms with Gasteiger partial charge in [0.1, 0.15) is 7.05 Å². The molecule has 1 aromatic heterocycles. The zero-order valence-electron chi connectivity index (χ0n) is 9.40. The molecule has 1 nitrogen and oxygen atoms in total. The van der Waals surface area contributed by atoms with E-state index >= 15 is 0 Å². The molecule has 0 N–H and O–H groups in total. The van der Waals surface area contributed by atoms with Gasteiger partial charge in [0.05, 0.1) is 5.39 Å². The number of pyridine rings is 1. The Balaban J connectivity index is 2.63. The van der Waals surface area contributed by atoms with Crippen LogP contribution in [-0.2, 0) is 7.05 Å². The van der Waals surface area contributed by atoms with Crippen LogP contribution in [0.25, 0.3) is 10.8 Å². The minimum absolute atomic E-state index is 0.613. The Bertz CT molecular complexity index is 477. The number of aryl methyl sites for hydroxylation is 1. The van der Waals surface area contributed by atoms with Crippen molar-refractivity contribution >= 4 is 22.5 Å². The number of hydrogen-bond donors (Lipinski definition) is 0. The van der Waals surface area contributed by atoms with E-state index in [0.29, 0.717) is 5.25 Å². The molecule has 0 saturated carbocycles. The molecular weight excluding hydrogens is 202 g/mol. The molecule has 2 aromatic rings. The van der Waals surface area contributed by atoms with Crippen LogP contribution in [0.3, 0.4) is 0 Å². The summed E-state index contributed by atoms with van der Waals surface area (Å²) in [5, 5.41) is 4.63. The smallest absolute Gasteiger partial charge is 0.195 e. The van der Waals surface area contributed by atoms with Gasteiger partial charge < -0.3 is 0 Å². The van der Waals surface area contributed by atoms with Crippen molar-refractivity contribution in [2.24, 2.45) is 7.05 Å². The number of rotatable bonds is 2. The van der Waals surface area contributed by atoms with E-state index in [9.17, 15) is 0 Å². The normalized spacial score (nSPS) is 11.2. The van der Waals surface area contributed by atoms with Crippen LogP contribution in [0, 0.1) is 0 Å². The molecule has 0 aliphatic heterocycles. The van der Waals surface area contributed by atoms with Crippen LogP contribution in [0.5, 0.6) is 0 Å². The second kappa shape index (κ2) is 4.23. The monoisotopic (exact) mass is 218 g/mol. The second-order valence-corrected chi connectivity index (χ2v) is 5.55. The Morgan fingerprint density at radius 2 is 1.87 bits per heavy atom. The summed E-state index contributed by atoms with van der Waals surface area (Å²) in [6, 6.07) is 10.7. The molecule has 0 radical (unpaired) electrons. The van der Waals surface area contributed by atoms with Gasteiger partial charge in [0, 0.05) is 11.3 Å². The Morgan fingerprint density at radius 1 is 1.13 bits per heavy atom. The van der Waals surface area contributed by atoms with Gasteiger partial charge in [-0.3, -0.25) is 0 Å². The summed E-state index contributed by atoms with van der Waals surface area (Å²) in [7, 11) is 2.11. The number of aromatic nitrogens is 1. The van der Waals surface area contributed by atoms with E-state index in [1.54, 1.807) is 0 Å². The maximum absolute atomic E-state index is 2.23. The first-order valence-electron chi connectivity index (χ1n) is 5.22. The van der Waals surface area contributed by atoms with Crippen molar-refractivity contribution in [1.82, 2.24) is 0 Å². The van der Waals surface area contributed by atoms with Gasteiger partial charge in [-0.2, -0.15) is 4.57 Å². The van der Waals surface area contributed by atoms with Crippen LogP contribution in [0.15, 0.2) is 41.6 Å². The average Bonchev–Trinajstić information content (AvgIpc) is 2.22. The standard InChI is InChI=1S/C13H16NS/c1-10(2)15-13-12-7-5-4-6-11(12)8-9-14(13)3/h4-10H,1-3H3/q+1. The van der Waals surface area contributed by atoms with Crippen LogP contribution in [-0.4, -0.2) is 5.25 Å². The first-order valence-corrected chi connectivity index (χ1v) is 6.10. The molecule has 0 spiro atoms. The maximum Gasteiger partial charge on any atom is 0.247 e. The van der Waals surface area contributed by atoms with E-state index in [2.05, 4.69) is 62.0 Å². The van der Waals surface area contributed by atoms with Crippen molar-refractivity contribution in [2.75, 3.05) is 0 Å². The molecule has 0 unspecified atom stereocenters. The zero-order valence-corrected chi connectivity index (χ0v) is 10.2. The van der Waals surface area contributed by atoms with Crippen molar-refractivity contribution in [3.63, 3.8) is 0 Å². The van der Waals surface area contributed by atoms with Gasteiger partial charge in [0.2, 0.25) is 5.03 Å². The van der Waals surface area contributed by atoms with Crippen LogP contribution >= 0.6 is 11.8 Å². The summed E-state index contributed by atoms with van der Waals surface area (Å²) in [6.45, 7) is 4.46. The summed E-state index contributed by atoms with van der Waals surface area (Å²) in [5.74, 6) is 0. The highest BCUT2D eigenvalue weighted by Crippen LogP contribution is 2.26. The molecule has 78 valence electrons. The SMILES string of the molecule is CC(C)Sc1c2ccccc2cc[n+]1C. The zero-order chi connectivity index (χ0) is 10.8. The molecular formula is C13H16NS+. The number of nitrogens with zero attached hydrogens (tertiary/aromatic N) is 1. The van der Waals surface area contributed by atoms with Gasteiger partial charge in [0.15, 0.2) is 6.20 Å². The quantitative estimate of drug-likeness (QED) is 0.553. The molecule has 2 rings (SSSR count). The van der Waals surface area contributed by atoms with E-state index in [0.717, 1.165) is 0 Å². The fourth-order valence-electron chi connectivity index (χ4n) is 1.66. The number of benzene rings is 1. The maximum atomic E-state index is 2.23. The molecule has 0 saturated heterocycles. The van der Waals surface area contributed by atoms with Crippen molar-refractivity contribution < 1.29 is 4.57 Å². The first-order chi connectivity index (χ1) is 7.18. The average molecular weight is 218 g/mol. The van der Waals surface area contributed by atoms with Crippen molar-refractivity contribution in [3.8, 4) is 0 Å². The van der Waals surface area contributed by atoms with Crippen molar-refractivity contribution in [1.29, 1.82) is 0 Å². The summed E-state index contributed by atoms with van der Waals surface area (Å²) in [4.78, 5) is 0. The van der Waals surface area contributed by atoms with E-state index in [4.69, 9.17) is 0 Å². The van der Waals surface area contributed by atoms with Gasteiger partial charge in [-0.25, -0.2) is 0 Å². The predicted octanol–water partition coefficient (Wildman–Crippen LogP) is 3.16. The minimum atomic E-state index is 0.613. The largest absolute Gasteiger partial charge is 0.247 e. The lowest BCUT2D eigenvalue weighted by molar-refractivity contribution is -0.706. The summed E-state index contributed by atoms with van der Waals surface area (Å²) < 4.78 is 2.20. The molecule has 1 heterocycles. The molecule has 2 heteroatoms. The fourth-order valence-corrected chi connectivity index (χ4v) is 2.64. The van der Waals surface area contributed by atoms with Crippen molar-refractivity contribution in [2.45, 2.75) is 24.1 Å². The van der Waals surface area contributed by atoms with Crippen LogP contribution in [0.1, 0.15) is 13.8 Å². The molecule has 15 heavy (non-hydrogen) atoms. The minimum Gasteiger partial charge on any atom is -0.195 e. The van der Waals surface area contributed by atoms with Gasteiger partial charge in [-0.15, -0.1) is 0 Å². The third-order valence-corrected chi connectivity index (χ3v) is 3.54. The lowest BCUT2D eigenvalue weighted by Gasteiger charge is -2.05. The molecule has 0 amide bonds. The molecule has 0 fully saturated rings. The molecule has 0 atom stereocenters. The van der Waals surface area contributed by atoms with E-state index in [1.165, 1.54) is 15.8 Å². The molecule has 0 aliphatic rings. The molecule has 0 bridgehead atoms. The summed E-state index contributed by atoms with van der Waals surface area (Å²) in [6.07, 6.45) is 2.13. The van der Waals surface area contributed by atoms with Gasteiger partial charge in [0.25, 0.3) is 0 Å². The third-order valence-electron chi connectivity index (χ3n) is 2.34. The Labute approximate surface area is 95.1 Å². The Hall–Kier alpha value is -1.02. The lowest BCUT2D eigenvalue weighted by Crippen LogP contribution is -2.30. The van der Waals surface area contributed by atoms with Gasteiger partial charge >= 0.3 is 0 Å². The van der Waals surface area contributed by atoms with Gasteiger partial charge in [-0.05, 0) is 11.5 Å². The fraction of sp³-hybridized carbons (Fsp3) is 0.308. The highest BCUT2D eigenvalue weighted by atomic mass is 32.2. The first kappa shape index (κ1) is 10.5. The van der Waals surface area contributed by atoms with E-state index in [1.807, 2.05) is 11.8 Å². The van der Waals surface area contributed by atoms with E-state index in [-0.39, 0.29) is 0 Å². The lowest BCUT2D eigenvalue weighted by atomic mass is 10.2. The highest BCUT2D eigenvalue weighted by Gasteiger charge is 2.13. The van der Waals surface area contributed by atoms with Crippen molar-refractivity contribution in [3.05, 3.63) is 36.5 Å². The predicted molar refractivity (Wildman–Crippen MR) is 66.1 cm³/mol. The number of thioether (sulfide) groups is 1. The Morgan fingerprint density at radius 3 is 2.60 bits per heavy atom. The summed E-state index contributed by atoms with van der Waals surface area (Å²) in [5.41, 5.74) is 0. The molecule has 1 aromatic carbocycles. The van der Waals surface area contributed by atoms with Gasteiger partial charge in [-0.1, -0.05) is 43.8 Å². The van der Waals surface area contributed by atoms with Crippen LogP contribution < -0.4 is 4.57 Å². The highest BCUT2D eigenvalue weighted by molar-refractivity contribution is 7.99. The number of hydrogen-bond acceptors (Lipinski definition) is 1. The second-order valence-electron chi connectivity index (χ2n) is 3.99. The molecule has 0 aliphatic carbocycles. The van der Waals surface area contributed by atoms with Crippen LogP contribution in [0.4, 0.5) is 0 Å². The topological polar surface area (TPSA) is 3.88 Å². The third kappa shape index (κ3) is 2.15. The van der Waals surface area contributed by atoms with E-state index < -0.39 is 0 Å².